The van der Waals surface area contributed by atoms with Crippen LogP contribution in [0, 0.1) is 0 Å². The van der Waals surface area contributed by atoms with Gasteiger partial charge in [0.05, 0.1) is 10.4 Å². The van der Waals surface area contributed by atoms with Crippen LogP contribution in [0.25, 0.3) is 9.75 Å². The Morgan fingerprint density at radius 1 is 1.25 bits per heavy atom. The fraction of sp³-hybridized carbons (Fsp3) is 0.438. The van der Waals surface area contributed by atoms with Crippen molar-refractivity contribution in [3.05, 3.63) is 34.5 Å². The normalized spacial score (nSPS) is 11.6. The maximum Gasteiger partial charge on any atom is 0.340 e. The summed E-state index contributed by atoms with van der Waals surface area (Å²) in [6.45, 7) is 6.11. The van der Waals surface area contributed by atoms with E-state index >= 15 is 0 Å². The molecule has 0 N–H and O–H groups in total. The molecule has 2 heterocycles. The third kappa shape index (κ3) is 3.70. The molecule has 0 amide bonds. The number of unbranched alkanes of at least 4 members (excludes halogenated alkanes) is 1. The molecule has 0 aliphatic rings. The second kappa shape index (κ2) is 6.55. The molecule has 0 fully saturated rings. The molecule has 20 heavy (non-hydrogen) atoms. The van der Waals surface area contributed by atoms with E-state index in [1.807, 2.05) is 42.8 Å². The van der Waals surface area contributed by atoms with Gasteiger partial charge in [-0.3, -0.25) is 0 Å². The highest BCUT2D eigenvalue weighted by atomic mass is 32.1. The summed E-state index contributed by atoms with van der Waals surface area (Å²) in [6, 6.07) is 5.90. The van der Waals surface area contributed by atoms with E-state index in [2.05, 4.69) is 6.92 Å². The van der Waals surface area contributed by atoms with Crippen molar-refractivity contribution in [3.63, 3.8) is 0 Å². The molecule has 2 rings (SSSR count). The van der Waals surface area contributed by atoms with E-state index in [1.165, 1.54) is 0 Å². The van der Waals surface area contributed by atoms with Gasteiger partial charge in [0.1, 0.15) is 5.60 Å². The molecule has 0 aliphatic heterocycles. The topological polar surface area (TPSA) is 26.3 Å². The van der Waals surface area contributed by atoms with Crippen LogP contribution in [0.3, 0.4) is 0 Å². The first-order valence-corrected chi connectivity index (χ1v) is 8.64. The molecule has 0 bridgehead atoms. The minimum Gasteiger partial charge on any atom is -0.456 e. The highest BCUT2D eigenvalue weighted by Gasteiger charge is 2.25. The summed E-state index contributed by atoms with van der Waals surface area (Å²) in [7, 11) is 0. The molecule has 0 saturated heterocycles. The van der Waals surface area contributed by atoms with Gasteiger partial charge in [-0.1, -0.05) is 19.4 Å². The highest BCUT2D eigenvalue weighted by molar-refractivity contribution is 7.20. The Labute approximate surface area is 128 Å². The van der Waals surface area contributed by atoms with E-state index < -0.39 is 5.60 Å². The zero-order valence-corrected chi connectivity index (χ0v) is 13.8. The molecule has 0 unspecified atom stereocenters. The lowest BCUT2D eigenvalue weighted by molar-refractivity contribution is -0.00518. The maximum atomic E-state index is 12.4. The first-order valence-electron chi connectivity index (χ1n) is 6.88. The lowest BCUT2D eigenvalue weighted by Crippen LogP contribution is -2.28. The minimum atomic E-state index is -0.401. The number of rotatable bonds is 6. The fourth-order valence-corrected chi connectivity index (χ4v) is 3.80. The average molecular weight is 308 g/mol. The van der Waals surface area contributed by atoms with E-state index in [0.29, 0.717) is 5.56 Å². The maximum absolute atomic E-state index is 12.4. The highest BCUT2D eigenvalue weighted by Crippen LogP contribution is 2.34. The molecule has 0 saturated carbocycles. The Hall–Kier alpha value is -1.13. The second-order valence-corrected chi connectivity index (χ2v) is 7.26. The summed E-state index contributed by atoms with van der Waals surface area (Å²) >= 11 is 3.24. The second-order valence-electron chi connectivity index (χ2n) is 5.39. The molecule has 0 atom stereocenters. The smallest absolute Gasteiger partial charge is 0.340 e. The number of hydrogen-bond acceptors (Lipinski definition) is 4. The quantitative estimate of drug-likeness (QED) is 0.649. The van der Waals surface area contributed by atoms with Crippen LogP contribution in [-0.4, -0.2) is 11.6 Å². The zero-order valence-electron chi connectivity index (χ0n) is 12.1. The van der Waals surface area contributed by atoms with Crippen LogP contribution < -0.4 is 0 Å². The van der Waals surface area contributed by atoms with Crippen molar-refractivity contribution in [2.24, 2.45) is 0 Å². The summed E-state index contributed by atoms with van der Waals surface area (Å²) < 4.78 is 5.70. The number of carbonyl (C=O) groups excluding carboxylic acids is 1. The van der Waals surface area contributed by atoms with Crippen LogP contribution in [0.5, 0.6) is 0 Å². The molecule has 0 radical (unpaired) electrons. The standard InChI is InChI=1S/C16H20O2S2/c1-4-5-9-16(2,3)18-15(17)12-8-11-20-14(12)13-7-6-10-19-13/h6-8,10-11H,4-5,9H2,1-3H3. The van der Waals surface area contributed by atoms with Gasteiger partial charge in [0.2, 0.25) is 0 Å². The van der Waals surface area contributed by atoms with Gasteiger partial charge in [-0.05, 0) is 49.6 Å². The lowest BCUT2D eigenvalue weighted by atomic mass is 10.0. The molecular weight excluding hydrogens is 288 g/mol. The Morgan fingerprint density at radius 2 is 2.05 bits per heavy atom. The van der Waals surface area contributed by atoms with Crippen LogP contribution in [-0.2, 0) is 4.74 Å². The first kappa shape index (κ1) is 15.3. The Bertz CT molecular complexity index is 553. The lowest BCUT2D eigenvalue weighted by Gasteiger charge is -2.25. The molecule has 0 spiro atoms. The summed E-state index contributed by atoms with van der Waals surface area (Å²) in [6.07, 6.45) is 3.08. The molecule has 108 valence electrons. The Balaban J connectivity index is 2.13. The molecule has 4 heteroatoms. The molecule has 2 aromatic heterocycles. The van der Waals surface area contributed by atoms with E-state index in [1.54, 1.807) is 22.7 Å². The number of thiophene rings is 2. The number of carbonyl (C=O) groups is 1. The zero-order chi connectivity index (χ0) is 14.6. The summed E-state index contributed by atoms with van der Waals surface area (Å²) in [5.74, 6) is -0.212. The number of ether oxygens (including phenoxy) is 1. The number of esters is 1. The average Bonchev–Trinajstić information content (AvgIpc) is 3.05. The molecule has 0 aliphatic carbocycles. The van der Waals surface area contributed by atoms with Gasteiger partial charge in [-0.25, -0.2) is 4.79 Å². The molecule has 0 aromatic carbocycles. The predicted molar refractivity (Wildman–Crippen MR) is 86.7 cm³/mol. The van der Waals surface area contributed by atoms with Gasteiger partial charge in [0.15, 0.2) is 0 Å². The van der Waals surface area contributed by atoms with Gasteiger partial charge in [0.25, 0.3) is 0 Å². The van der Waals surface area contributed by atoms with Crippen LogP contribution in [0.2, 0.25) is 0 Å². The third-order valence-corrected chi connectivity index (χ3v) is 5.10. The van der Waals surface area contributed by atoms with Crippen molar-refractivity contribution < 1.29 is 9.53 Å². The van der Waals surface area contributed by atoms with Gasteiger partial charge in [0, 0.05) is 4.88 Å². The molecular formula is C16H20O2S2. The summed E-state index contributed by atoms with van der Waals surface area (Å²) in [5.41, 5.74) is 0.281. The van der Waals surface area contributed by atoms with E-state index in [4.69, 9.17) is 4.74 Å². The SMILES string of the molecule is CCCCC(C)(C)OC(=O)c1ccsc1-c1cccs1. The van der Waals surface area contributed by atoms with Crippen LogP contribution in [0.4, 0.5) is 0 Å². The van der Waals surface area contributed by atoms with E-state index in [9.17, 15) is 4.79 Å². The monoisotopic (exact) mass is 308 g/mol. The summed E-state index contributed by atoms with van der Waals surface area (Å²) in [5, 5.41) is 3.97. The summed E-state index contributed by atoms with van der Waals surface area (Å²) in [4.78, 5) is 14.5. The van der Waals surface area contributed by atoms with Gasteiger partial charge >= 0.3 is 5.97 Å². The van der Waals surface area contributed by atoms with Gasteiger partial charge in [-0.2, -0.15) is 0 Å². The molecule has 2 nitrogen and oxygen atoms in total. The Morgan fingerprint density at radius 3 is 2.70 bits per heavy atom. The number of hydrogen-bond donors (Lipinski definition) is 0. The fourth-order valence-electron chi connectivity index (χ4n) is 2.03. The first-order chi connectivity index (χ1) is 9.53. The van der Waals surface area contributed by atoms with Gasteiger partial charge in [-0.15, -0.1) is 22.7 Å². The van der Waals surface area contributed by atoms with Crippen molar-refractivity contribution in [2.45, 2.75) is 45.6 Å². The van der Waals surface area contributed by atoms with Crippen LogP contribution in [0.15, 0.2) is 29.0 Å². The van der Waals surface area contributed by atoms with Crippen molar-refractivity contribution in [3.8, 4) is 9.75 Å². The largest absolute Gasteiger partial charge is 0.456 e. The Kier molecular flexibility index (Phi) is 5.00. The van der Waals surface area contributed by atoms with Crippen molar-refractivity contribution in [1.82, 2.24) is 0 Å². The third-order valence-electron chi connectivity index (χ3n) is 3.13. The van der Waals surface area contributed by atoms with Crippen LogP contribution in [0.1, 0.15) is 50.4 Å². The molecule has 2 aromatic rings. The van der Waals surface area contributed by atoms with Gasteiger partial charge < -0.3 is 4.74 Å². The van der Waals surface area contributed by atoms with Crippen molar-refractivity contribution >= 4 is 28.6 Å². The van der Waals surface area contributed by atoms with E-state index in [0.717, 1.165) is 29.0 Å². The van der Waals surface area contributed by atoms with Crippen LogP contribution >= 0.6 is 22.7 Å². The van der Waals surface area contributed by atoms with E-state index in [-0.39, 0.29) is 5.97 Å². The van der Waals surface area contributed by atoms with Crippen molar-refractivity contribution in [2.75, 3.05) is 0 Å². The van der Waals surface area contributed by atoms with Crippen molar-refractivity contribution in [1.29, 1.82) is 0 Å². The minimum absolute atomic E-state index is 0.212. The predicted octanol–water partition coefficient (Wildman–Crippen LogP) is 5.60.